The minimum atomic E-state index is -0.394. The quantitative estimate of drug-likeness (QED) is 0.622. The molecule has 0 bridgehead atoms. The molecule has 0 saturated carbocycles. The fourth-order valence-corrected chi connectivity index (χ4v) is 4.88. The monoisotopic (exact) mass is 439 g/mol. The van der Waals surface area contributed by atoms with Gasteiger partial charge in [-0.15, -0.1) is 0 Å². The van der Waals surface area contributed by atoms with Crippen molar-refractivity contribution in [3.8, 4) is 6.07 Å². The Morgan fingerprint density at radius 1 is 1.21 bits per heavy atom. The summed E-state index contributed by atoms with van der Waals surface area (Å²) in [4.78, 5) is 33.9. The van der Waals surface area contributed by atoms with E-state index in [0.717, 1.165) is 18.1 Å². The van der Waals surface area contributed by atoms with E-state index in [1.807, 2.05) is 30.2 Å². The van der Waals surface area contributed by atoms with E-state index in [-0.39, 0.29) is 24.2 Å². The van der Waals surface area contributed by atoms with Gasteiger partial charge in [-0.1, -0.05) is 25.1 Å². The van der Waals surface area contributed by atoms with Crippen LogP contribution in [0.5, 0.6) is 0 Å². The smallest absolute Gasteiger partial charge is 0.232 e. The summed E-state index contributed by atoms with van der Waals surface area (Å²) in [5, 5.41) is 9.16. The highest BCUT2D eigenvalue weighted by Crippen LogP contribution is 2.39. The number of nitriles is 1. The third-order valence-corrected chi connectivity index (χ3v) is 6.67. The zero-order chi connectivity index (χ0) is 23.1. The van der Waals surface area contributed by atoms with E-state index in [9.17, 15) is 9.59 Å². The lowest BCUT2D eigenvalue weighted by Gasteiger charge is -2.22. The number of anilines is 2. The second-order valence-electron chi connectivity index (χ2n) is 8.91. The van der Waals surface area contributed by atoms with Crippen LogP contribution >= 0.6 is 0 Å². The second kappa shape index (κ2) is 8.21. The van der Waals surface area contributed by atoms with E-state index < -0.39 is 5.92 Å². The van der Waals surface area contributed by atoms with Crippen LogP contribution in [0, 0.1) is 24.2 Å². The first-order chi connectivity index (χ1) is 15.9. The minimum absolute atomic E-state index is 0.00825. The molecule has 2 amide bonds. The van der Waals surface area contributed by atoms with Gasteiger partial charge in [0.05, 0.1) is 17.6 Å². The highest BCUT2D eigenvalue weighted by molar-refractivity contribution is 6.05. The molecular formula is C26H25N5O2. The molecule has 7 nitrogen and oxygen atoms in total. The number of hydrogen-bond donors (Lipinski definition) is 0. The first-order valence-corrected chi connectivity index (χ1v) is 11.2. The molecule has 2 unspecified atom stereocenters. The summed E-state index contributed by atoms with van der Waals surface area (Å²) in [6.45, 7) is 5.83. The van der Waals surface area contributed by atoms with Crippen LogP contribution in [0.15, 0.2) is 54.9 Å². The van der Waals surface area contributed by atoms with Gasteiger partial charge in [-0.2, -0.15) is 5.26 Å². The lowest BCUT2D eigenvalue weighted by Crippen LogP contribution is -2.36. The number of rotatable bonds is 4. The second-order valence-corrected chi connectivity index (χ2v) is 8.91. The molecule has 5 rings (SSSR count). The predicted octanol–water partition coefficient (Wildman–Crippen LogP) is 3.61. The minimum Gasteiger partial charge on any atom is -0.331 e. The van der Waals surface area contributed by atoms with Crippen LogP contribution in [0.1, 0.15) is 41.8 Å². The van der Waals surface area contributed by atoms with Crippen molar-refractivity contribution < 1.29 is 9.59 Å². The van der Waals surface area contributed by atoms with Crippen molar-refractivity contribution >= 4 is 23.2 Å². The number of imidazole rings is 1. The molecule has 0 aliphatic carbocycles. The number of carbonyl (C=O) groups excluding carboxylic acids is 2. The summed E-state index contributed by atoms with van der Waals surface area (Å²) in [5.41, 5.74) is 4.45. The molecule has 0 N–H and O–H groups in total. The van der Waals surface area contributed by atoms with E-state index >= 15 is 0 Å². The number of aryl methyl sites for hydroxylation is 1. The van der Waals surface area contributed by atoms with Crippen LogP contribution in [0.2, 0.25) is 0 Å². The van der Waals surface area contributed by atoms with Crippen molar-refractivity contribution in [3.05, 3.63) is 77.4 Å². The lowest BCUT2D eigenvalue weighted by molar-refractivity contribution is -0.124. The Hall–Kier alpha value is -3.92. The lowest BCUT2D eigenvalue weighted by atomic mass is 10.0. The molecule has 2 aliphatic heterocycles. The van der Waals surface area contributed by atoms with Gasteiger partial charge in [0, 0.05) is 55.7 Å². The van der Waals surface area contributed by atoms with Crippen molar-refractivity contribution in [1.29, 1.82) is 5.26 Å². The Kier molecular flexibility index (Phi) is 5.21. The van der Waals surface area contributed by atoms with Gasteiger partial charge in [0.15, 0.2) is 0 Å². The molecule has 1 fully saturated rings. The van der Waals surface area contributed by atoms with Gasteiger partial charge in [-0.3, -0.25) is 9.59 Å². The molecular weight excluding hydrogens is 414 g/mol. The van der Waals surface area contributed by atoms with Gasteiger partial charge >= 0.3 is 0 Å². The summed E-state index contributed by atoms with van der Waals surface area (Å²) < 4.78 is 2.10. The van der Waals surface area contributed by atoms with Crippen LogP contribution in [0.3, 0.4) is 0 Å². The van der Waals surface area contributed by atoms with E-state index in [1.54, 1.807) is 29.3 Å². The number of aromatic nitrogens is 2. The summed E-state index contributed by atoms with van der Waals surface area (Å²) in [7, 11) is 0. The maximum Gasteiger partial charge on any atom is 0.232 e. The van der Waals surface area contributed by atoms with Gasteiger partial charge < -0.3 is 14.4 Å². The maximum atomic E-state index is 13.5. The molecule has 1 saturated heterocycles. The number of benzene rings is 2. The molecule has 1 aromatic heterocycles. The third kappa shape index (κ3) is 3.78. The number of amides is 2. The highest BCUT2D eigenvalue weighted by atomic mass is 16.2. The van der Waals surface area contributed by atoms with Crippen molar-refractivity contribution in [2.24, 2.45) is 5.92 Å². The van der Waals surface area contributed by atoms with Crippen molar-refractivity contribution in [1.82, 2.24) is 9.55 Å². The molecule has 0 spiro atoms. The standard InChI is InChI=1S/C26H25N5O2/c1-17-14-31(24-7-6-20(11-23(17)24)15-29-9-8-28-18(29)2)26(33)21-12-25(32)30(16-21)22-5-3-4-19(10-22)13-27/h3-11,17,21H,12,14-16H2,1-2H3. The number of hydrogen-bond acceptors (Lipinski definition) is 4. The van der Waals surface area contributed by atoms with Crippen LogP contribution < -0.4 is 9.80 Å². The normalized spacial score (nSPS) is 19.6. The summed E-state index contributed by atoms with van der Waals surface area (Å²) in [6, 6.07) is 15.4. The first kappa shape index (κ1) is 21.0. The molecule has 33 heavy (non-hydrogen) atoms. The van der Waals surface area contributed by atoms with Crippen LogP contribution in [0.25, 0.3) is 0 Å². The average Bonchev–Trinajstić information content (AvgIpc) is 3.51. The Balaban J connectivity index is 1.35. The fraction of sp³-hybridized carbons (Fsp3) is 0.308. The topological polar surface area (TPSA) is 82.2 Å². The number of carbonyl (C=O) groups is 2. The van der Waals surface area contributed by atoms with E-state index in [1.165, 1.54) is 11.1 Å². The fourth-order valence-electron chi connectivity index (χ4n) is 4.88. The molecule has 2 aliphatic rings. The maximum absolute atomic E-state index is 13.5. The van der Waals surface area contributed by atoms with Crippen LogP contribution in [0.4, 0.5) is 11.4 Å². The van der Waals surface area contributed by atoms with Crippen molar-refractivity contribution in [2.45, 2.75) is 32.7 Å². The van der Waals surface area contributed by atoms with Gasteiger partial charge in [0.1, 0.15) is 5.82 Å². The molecule has 3 aromatic rings. The SMILES string of the molecule is Cc1nccn1Cc1ccc2c(c1)C(C)CN2C(=O)C1CC(=O)N(c2cccc(C#N)c2)C1. The zero-order valence-electron chi connectivity index (χ0n) is 18.7. The van der Waals surface area contributed by atoms with Crippen LogP contribution in [-0.4, -0.2) is 34.5 Å². The van der Waals surface area contributed by atoms with Gasteiger partial charge in [0.25, 0.3) is 0 Å². The van der Waals surface area contributed by atoms with Crippen molar-refractivity contribution in [3.63, 3.8) is 0 Å². The van der Waals surface area contributed by atoms with Crippen LogP contribution in [-0.2, 0) is 16.1 Å². The first-order valence-electron chi connectivity index (χ1n) is 11.2. The van der Waals surface area contributed by atoms with Crippen molar-refractivity contribution in [2.75, 3.05) is 22.9 Å². The predicted molar refractivity (Wildman–Crippen MR) is 125 cm³/mol. The Morgan fingerprint density at radius 3 is 2.82 bits per heavy atom. The van der Waals surface area contributed by atoms with E-state index in [0.29, 0.717) is 24.3 Å². The molecule has 0 radical (unpaired) electrons. The van der Waals surface area contributed by atoms with E-state index in [2.05, 4.69) is 34.7 Å². The molecule has 2 aromatic carbocycles. The number of nitrogens with zero attached hydrogens (tertiary/aromatic N) is 5. The average molecular weight is 440 g/mol. The highest BCUT2D eigenvalue weighted by Gasteiger charge is 2.40. The van der Waals surface area contributed by atoms with E-state index in [4.69, 9.17) is 5.26 Å². The largest absolute Gasteiger partial charge is 0.331 e. The summed E-state index contributed by atoms with van der Waals surface area (Å²) >= 11 is 0. The molecule has 3 heterocycles. The zero-order valence-corrected chi connectivity index (χ0v) is 18.7. The Morgan fingerprint density at radius 2 is 2.06 bits per heavy atom. The molecule has 7 heteroatoms. The Bertz CT molecular complexity index is 1290. The molecule has 2 atom stereocenters. The Labute approximate surface area is 192 Å². The van der Waals surface area contributed by atoms with Gasteiger partial charge in [0.2, 0.25) is 11.8 Å². The number of fused-ring (bicyclic) bond motifs is 1. The summed E-state index contributed by atoms with van der Waals surface area (Å²) in [6.07, 6.45) is 3.96. The molecule has 166 valence electrons. The van der Waals surface area contributed by atoms with Gasteiger partial charge in [-0.25, -0.2) is 4.98 Å². The van der Waals surface area contributed by atoms with Gasteiger partial charge in [-0.05, 0) is 42.3 Å². The summed E-state index contributed by atoms with van der Waals surface area (Å²) in [5.74, 6) is 0.715. The third-order valence-electron chi connectivity index (χ3n) is 6.67.